The first-order chi connectivity index (χ1) is 13.5. The lowest BCUT2D eigenvalue weighted by Crippen LogP contribution is -2.45. The van der Waals surface area contributed by atoms with E-state index in [0.717, 1.165) is 43.1 Å². The van der Waals surface area contributed by atoms with Crippen molar-refractivity contribution in [2.24, 2.45) is 7.05 Å². The van der Waals surface area contributed by atoms with Crippen LogP contribution in [0, 0.1) is 0 Å². The van der Waals surface area contributed by atoms with Crippen LogP contribution in [-0.4, -0.2) is 78.5 Å². The Morgan fingerprint density at radius 3 is 3.07 bits per heavy atom. The number of imidazole rings is 1. The highest BCUT2D eigenvalue weighted by atomic mass is 16.5. The summed E-state index contributed by atoms with van der Waals surface area (Å²) in [6, 6.07) is 6.26. The number of rotatable bonds is 6. The van der Waals surface area contributed by atoms with Gasteiger partial charge in [-0.3, -0.25) is 9.69 Å². The Labute approximate surface area is 165 Å². The molecule has 8 nitrogen and oxygen atoms in total. The van der Waals surface area contributed by atoms with Crippen molar-refractivity contribution in [2.45, 2.75) is 31.5 Å². The Kier molecular flexibility index (Phi) is 5.52. The molecular formula is C20H29N5O3. The molecule has 0 bridgehead atoms. The van der Waals surface area contributed by atoms with Crippen LogP contribution in [0.1, 0.15) is 23.7 Å². The standard InChI is InChI=1S/C20H29N5O3/c1-13-10-25-11-15(9-16(25)12-28-13)22-19(26)14-4-5-18-17(8-14)23-20(24(18)2)21-6-7-27-3/h4-5,8,13,15-16H,6-7,9-12H2,1-3H3,(H,21,23)(H,22,26)/t13-,15+,16-/m0/s1. The van der Waals surface area contributed by atoms with Gasteiger partial charge >= 0.3 is 0 Å². The molecule has 2 saturated heterocycles. The highest BCUT2D eigenvalue weighted by molar-refractivity contribution is 5.97. The molecule has 2 aliphatic heterocycles. The third-order valence-electron chi connectivity index (χ3n) is 5.66. The highest BCUT2D eigenvalue weighted by Gasteiger charge is 2.36. The zero-order valence-electron chi connectivity index (χ0n) is 16.8. The summed E-state index contributed by atoms with van der Waals surface area (Å²) < 4.78 is 12.8. The first-order valence-corrected chi connectivity index (χ1v) is 9.91. The number of nitrogens with one attached hydrogen (secondary N) is 2. The molecule has 0 radical (unpaired) electrons. The van der Waals surface area contributed by atoms with Crippen LogP contribution < -0.4 is 10.6 Å². The molecule has 8 heteroatoms. The van der Waals surface area contributed by atoms with Crippen molar-refractivity contribution in [3.8, 4) is 0 Å². The van der Waals surface area contributed by atoms with Crippen molar-refractivity contribution in [3.05, 3.63) is 23.8 Å². The van der Waals surface area contributed by atoms with Crippen LogP contribution in [0.15, 0.2) is 18.2 Å². The molecule has 1 aromatic heterocycles. The lowest BCUT2D eigenvalue weighted by molar-refractivity contribution is -0.0390. The molecule has 0 aliphatic carbocycles. The minimum absolute atomic E-state index is 0.0414. The van der Waals surface area contributed by atoms with Crippen molar-refractivity contribution < 1.29 is 14.3 Å². The third kappa shape index (κ3) is 3.85. The van der Waals surface area contributed by atoms with Gasteiger partial charge in [-0.2, -0.15) is 0 Å². The molecule has 4 rings (SSSR count). The van der Waals surface area contributed by atoms with Crippen LogP contribution in [0.25, 0.3) is 11.0 Å². The normalized spacial score (nSPS) is 25.0. The minimum atomic E-state index is -0.0414. The number of morpholine rings is 1. The van der Waals surface area contributed by atoms with E-state index in [-0.39, 0.29) is 18.1 Å². The molecule has 0 unspecified atom stereocenters. The van der Waals surface area contributed by atoms with Gasteiger partial charge in [-0.25, -0.2) is 4.98 Å². The fourth-order valence-corrected chi connectivity index (χ4v) is 4.18. The fraction of sp³-hybridized carbons (Fsp3) is 0.600. The van der Waals surface area contributed by atoms with Crippen molar-refractivity contribution in [1.82, 2.24) is 19.8 Å². The number of benzene rings is 1. The first-order valence-electron chi connectivity index (χ1n) is 9.91. The van der Waals surface area contributed by atoms with Crippen LogP contribution in [0.2, 0.25) is 0 Å². The number of carbonyl (C=O) groups excluding carboxylic acids is 1. The van der Waals surface area contributed by atoms with E-state index in [1.54, 1.807) is 7.11 Å². The van der Waals surface area contributed by atoms with Crippen LogP contribution in [0.5, 0.6) is 0 Å². The SMILES string of the molecule is COCCNc1nc2cc(C(=O)N[C@@H]3C[C@H]4CO[C@@H](C)CN4C3)ccc2n1C. The van der Waals surface area contributed by atoms with E-state index in [4.69, 9.17) is 9.47 Å². The van der Waals surface area contributed by atoms with Gasteiger partial charge in [0.05, 0.1) is 30.4 Å². The topological polar surface area (TPSA) is 80.7 Å². The monoisotopic (exact) mass is 387 g/mol. The largest absolute Gasteiger partial charge is 0.383 e. The summed E-state index contributed by atoms with van der Waals surface area (Å²) >= 11 is 0. The number of fused-ring (bicyclic) bond motifs is 2. The van der Waals surface area contributed by atoms with Gasteiger partial charge in [-0.05, 0) is 31.5 Å². The minimum Gasteiger partial charge on any atom is -0.383 e. The van der Waals surface area contributed by atoms with Crippen LogP contribution in [0.4, 0.5) is 5.95 Å². The Bertz CT molecular complexity index is 852. The molecule has 152 valence electrons. The number of nitrogens with zero attached hydrogens (tertiary/aromatic N) is 3. The Balaban J connectivity index is 1.43. The number of aromatic nitrogens is 2. The van der Waals surface area contributed by atoms with Crippen LogP contribution in [-0.2, 0) is 16.5 Å². The molecule has 3 heterocycles. The summed E-state index contributed by atoms with van der Waals surface area (Å²) in [5.74, 6) is 0.728. The maximum Gasteiger partial charge on any atom is 0.251 e. The molecule has 0 spiro atoms. The fourth-order valence-electron chi connectivity index (χ4n) is 4.18. The molecule has 3 atom stereocenters. The van der Waals surface area contributed by atoms with E-state index in [2.05, 4.69) is 27.4 Å². The van der Waals surface area contributed by atoms with Crippen molar-refractivity contribution in [2.75, 3.05) is 45.3 Å². The second-order valence-corrected chi connectivity index (χ2v) is 7.78. The van der Waals surface area contributed by atoms with Crippen molar-refractivity contribution >= 4 is 22.9 Å². The Morgan fingerprint density at radius 2 is 2.25 bits per heavy atom. The van der Waals surface area contributed by atoms with E-state index < -0.39 is 0 Å². The lowest BCUT2D eigenvalue weighted by atomic mass is 10.1. The summed E-state index contributed by atoms with van der Waals surface area (Å²) in [6.45, 7) is 5.98. The van der Waals surface area contributed by atoms with E-state index in [1.807, 2.05) is 29.8 Å². The molecule has 2 aliphatic rings. The molecule has 2 N–H and O–H groups in total. The van der Waals surface area contributed by atoms with Crippen LogP contribution in [0.3, 0.4) is 0 Å². The predicted molar refractivity (Wildman–Crippen MR) is 108 cm³/mol. The number of hydrogen-bond acceptors (Lipinski definition) is 6. The average Bonchev–Trinajstić information content (AvgIpc) is 3.21. The molecule has 1 amide bonds. The predicted octanol–water partition coefficient (Wildman–Crippen LogP) is 1.22. The smallest absolute Gasteiger partial charge is 0.251 e. The summed E-state index contributed by atoms with van der Waals surface area (Å²) in [7, 11) is 3.63. The van der Waals surface area contributed by atoms with Gasteiger partial charge in [0.25, 0.3) is 5.91 Å². The maximum absolute atomic E-state index is 12.8. The molecule has 1 aromatic carbocycles. The zero-order chi connectivity index (χ0) is 19.7. The van der Waals surface area contributed by atoms with Gasteiger partial charge in [0.15, 0.2) is 0 Å². The summed E-state index contributed by atoms with van der Waals surface area (Å²) in [5.41, 5.74) is 2.44. The molecular weight excluding hydrogens is 358 g/mol. The number of aryl methyl sites for hydroxylation is 1. The van der Waals surface area contributed by atoms with Gasteiger partial charge in [0.1, 0.15) is 0 Å². The van der Waals surface area contributed by atoms with Gasteiger partial charge in [0, 0.05) is 51.4 Å². The molecule has 28 heavy (non-hydrogen) atoms. The third-order valence-corrected chi connectivity index (χ3v) is 5.66. The first kappa shape index (κ1) is 19.2. The highest BCUT2D eigenvalue weighted by Crippen LogP contribution is 2.24. The second kappa shape index (κ2) is 8.06. The van der Waals surface area contributed by atoms with Crippen LogP contribution >= 0.6 is 0 Å². The molecule has 2 fully saturated rings. The van der Waals surface area contributed by atoms with Gasteiger partial charge in [0.2, 0.25) is 5.95 Å². The number of ether oxygens (including phenoxy) is 2. The molecule has 2 aromatic rings. The second-order valence-electron chi connectivity index (χ2n) is 7.78. The number of amides is 1. The number of anilines is 1. The molecule has 0 saturated carbocycles. The van der Waals surface area contributed by atoms with Crippen molar-refractivity contribution in [1.29, 1.82) is 0 Å². The van der Waals surface area contributed by atoms with E-state index >= 15 is 0 Å². The summed E-state index contributed by atoms with van der Waals surface area (Å²) in [6.07, 6.45) is 1.21. The van der Waals surface area contributed by atoms with Gasteiger partial charge in [-0.15, -0.1) is 0 Å². The number of carbonyl (C=O) groups is 1. The number of methoxy groups -OCH3 is 1. The quantitative estimate of drug-likeness (QED) is 0.726. The van der Waals surface area contributed by atoms with E-state index in [0.29, 0.717) is 24.8 Å². The Morgan fingerprint density at radius 1 is 1.39 bits per heavy atom. The Hall–Kier alpha value is -2.16. The van der Waals surface area contributed by atoms with Gasteiger partial charge < -0.3 is 24.7 Å². The summed E-state index contributed by atoms with van der Waals surface area (Å²) in [5, 5.41) is 6.44. The maximum atomic E-state index is 12.8. The number of hydrogen-bond donors (Lipinski definition) is 2. The lowest BCUT2D eigenvalue weighted by Gasteiger charge is -2.33. The van der Waals surface area contributed by atoms with E-state index in [9.17, 15) is 4.79 Å². The van der Waals surface area contributed by atoms with E-state index in [1.165, 1.54) is 0 Å². The summed E-state index contributed by atoms with van der Waals surface area (Å²) in [4.78, 5) is 19.8. The average molecular weight is 387 g/mol. The zero-order valence-corrected chi connectivity index (χ0v) is 16.8. The van der Waals surface area contributed by atoms with Crippen molar-refractivity contribution in [3.63, 3.8) is 0 Å². The van der Waals surface area contributed by atoms with Gasteiger partial charge in [-0.1, -0.05) is 0 Å².